The molecule has 2 heterocycles. The van der Waals surface area contributed by atoms with Crippen molar-refractivity contribution in [2.75, 3.05) is 0 Å². The van der Waals surface area contributed by atoms with Crippen LogP contribution >= 0.6 is 0 Å². The van der Waals surface area contributed by atoms with Crippen LogP contribution in [0.5, 0.6) is 0 Å². The molecule has 0 saturated heterocycles. The minimum absolute atomic E-state index is 0. The molecule has 0 amide bonds. The van der Waals surface area contributed by atoms with Crippen molar-refractivity contribution in [2.45, 2.75) is 27.7 Å². The van der Waals surface area contributed by atoms with Gasteiger partial charge in [-0.25, -0.2) is 0 Å². The molecule has 0 aliphatic heterocycles. The number of rotatable bonds is 4. The van der Waals surface area contributed by atoms with Crippen molar-refractivity contribution in [3.05, 3.63) is 180 Å². The summed E-state index contributed by atoms with van der Waals surface area (Å²) in [6, 6.07) is 53.5. The molecule has 2 nitrogen and oxygen atoms in total. The topological polar surface area (TPSA) is 25.8 Å². The largest absolute Gasteiger partial charge is 0.304 e. The maximum atomic E-state index is 4.75. The molecular weight excluding hydrogens is 773 g/mol. The summed E-state index contributed by atoms with van der Waals surface area (Å²) in [6.45, 7) is 8.36. The summed E-state index contributed by atoms with van der Waals surface area (Å²) in [5.41, 5.74) is 13.7. The summed E-state index contributed by atoms with van der Waals surface area (Å²) in [6.07, 6.45) is 3.88. The minimum Gasteiger partial charge on any atom is -0.304 e. The molecule has 0 bridgehead atoms. The Balaban J connectivity index is 0.000000220. The van der Waals surface area contributed by atoms with E-state index >= 15 is 0 Å². The Morgan fingerprint density at radius 2 is 1.14 bits per heavy atom. The summed E-state index contributed by atoms with van der Waals surface area (Å²) in [4.78, 5) is 9.16. The third kappa shape index (κ3) is 7.29. The monoisotopic (exact) mass is 809 g/mol. The summed E-state index contributed by atoms with van der Waals surface area (Å²) < 4.78 is 0. The van der Waals surface area contributed by atoms with E-state index in [2.05, 4.69) is 160 Å². The van der Waals surface area contributed by atoms with E-state index in [9.17, 15) is 0 Å². The van der Waals surface area contributed by atoms with Crippen LogP contribution in [0, 0.1) is 39.8 Å². The number of hydrogen-bond acceptors (Lipinski definition) is 2. The van der Waals surface area contributed by atoms with Gasteiger partial charge in [0.25, 0.3) is 0 Å². The molecule has 0 aliphatic rings. The second-order valence-corrected chi connectivity index (χ2v) is 12.4. The van der Waals surface area contributed by atoms with Gasteiger partial charge in [0.2, 0.25) is 0 Å². The third-order valence-electron chi connectivity index (χ3n) is 8.96. The number of aromatic nitrogens is 2. The first-order chi connectivity index (χ1) is 23.4. The van der Waals surface area contributed by atoms with E-state index in [4.69, 9.17) is 4.98 Å². The van der Waals surface area contributed by atoms with E-state index in [1.165, 1.54) is 66.1 Å². The van der Waals surface area contributed by atoms with E-state index in [1.54, 1.807) is 0 Å². The van der Waals surface area contributed by atoms with Crippen molar-refractivity contribution in [1.29, 1.82) is 0 Å². The van der Waals surface area contributed by atoms with Crippen molar-refractivity contribution in [3.8, 4) is 44.8 Å². The van der Waals surface area contributed by atoms with Gasteiger partial charge in [-0.05, 0) is 87.6 Å². The molecule has 0 unspecified atom stereocenters. The Kier molecular flexibility index (Phi) is 10.3. The number of hydrogen-bond donors (Lipinski definition) is 0. The SMILES string of the molecule is Cc1c[c-]c(-c2cc(C)c(C)cn2)cc1.Cc1cnc(-c2[c-]ccc(-c3cc4ccccc4c4ccccc34)c2)cc1-c1ccccc1.[Ir]. The molecule has 2 aromatic heterocycles. The fraction of sp³-hybridized carbons (Fsp3) is 0.0870. The first-order valence-corrected chi connectivity index (χ1v) is 16.3. The van der Waals surface area contributed by atoms with Gasteiger partial charge in [-0.1, -0.05) is 103 Å². The van der Waals surface area contributed by atoms with Crippen LogP contribution in [0.2, 0.25) is 0 Å². The van der Waals surface area contributed by atoms with Crippen molar-refractivity contribution >= 4 is 21.5 Å². The Hall–Kier alpha value is -5.21. The van der Waals surface area contributed by atoms with Crippen molar-refractivity contribution in [1.82, 2.24) is 9.97 Å². The Morgan fingerprint density at radius 3 is 1.88 bits per heavy atom. The van der Waals surface area contributed by atoms with E-state index in [0.29, 0.717) is 0 Å². The summed E-state index contributed by atoms with van der Waals surface area (Å²) in [5.74, 6) is 0. The van der Waals surface area contributed by atoms with Crippen LogP contribution in [0.3, 0.4) is 0 Å². The van der Waals surface area contributed by atoms with Gasteiger partial charge in [0, 0.05) is 32.5 Å². The van der Waals surface area contributed by atoms with Gasteiger partial charge in [0.1, 0.15) is 0 Å². The third-order valence-corrected chi connectivity index (χ3v) is 8.96. The quantitative estimate of drug-likeness (QED) is 0.131. The number of pyridine rings is 2. The van der Waals surface area contributed by atoms with E-state index in [0.717, 1.165) is 22.5 Å². The normalized spacial score (nSPS) is 10.7. The average Bonchev–Trinajstić information content (AvgIpc) is 3.14. The van der Waals surface area contributed by atoms with Crippen LogP contribution in [0.15, 0.2) is 146 Å². The maximum absolute atomic E-state index is 4.75. The zero-order valence-electron chi connectivity index (χ0n) is 28.1. The molecule has 0 atom stereocenters. The number of nitrogens with zero attached hydrogens (tertiary/aromatic N) is 2. The predicted octanol–water partition coefficient (Wildman–Crippen LogP) is 12.0. The van der Waals surface area contributed by atoms with Crippen LogP contribution in [-0.2, 0) is 20.1 Å². The predicted molar refractivity (Wildman–Crippen MR) is 202 cm³/mol. The van der Waals surface area contributed by atoms with Gasteiger partial charge in [-0.3, -0.25) is 0 Å². The van der Waals surface area contributed by atoms with Gasteiger partial charge < -0.3 is 9.97 Å². The van der Waals surface area contributed by atoms with E-state index < -0.39 is 0 Å². The maximum Gasteiger partial charge on any atom is 0.0196 e. The summed E-state index contributed by atoms with van der Waals surface area (Å²) in [5, 5.41) is 5.07. The summed E-state index contributed by atoms with van der Waals surface area (Å²) >= 11 is 0. The van der Waals surface area contributed by atoms with Gasteiger partial charge >= 0.3 is 0 Å². The van der Waals surface area contributed by atoms with Gasteiger partial charge in [0.15, 0.2) is 0 Å². The molecule has 0 aliphatic carbocycles. The van der Waals surface area contributed by atoms with Crippen molar-refractivity contribution < 1.29 is 20.1 Å². The molecule has 0 N–H and O–H groups in total. The summed E-state index contributed by atoms with van der Waals surface area (Å²) in [7, 11) is 0. The molecule has 0 spiro atoms. The fourth-order valence-electron chi connectivity index (χ4n) is 6.11. The molecule has 241 valence electrons. The number of aryl methyl sites for hydroxylation is 4. The van der Waals surface area contributed by atoms with Crippen LogP contribution in [0.1, 0.15) is 22.3 Å². The molecule has 49 heavy (non-hydrogen) atoms. The number of fused-ring (bicyclic) bond motifs is 3. The van der Waals surface area contributed by atoms with Crippen LogP contribution in [0.4, 0.5) is 0 Å². The van der Waals surface area contributed by atoms with Crippen LogP contribution in [-0.4, -0.2) is 9.97 Å². The minimum atomic E-state index is 0. The standard InChI is InChI=1S/C32H22N.C14H14N.Ir/c1-22-21-33-32(20-30(22)23-10-3-2-4-11-23)26-14-9-13-24(18-26)31-19-25-12-5-6-15-27(25)28-16-7-8-17-29(28)31;1-10-4-6-13(7-5-10)14-8-11(2)12(3)9-15-14;/h2-13,15-21H,1H3;4-6,8-9H,1-3H3;/q2*-1;. The van der Waals surface area contributed by atoms with Crippen LogP contribution in [0.25, 0.3) is 66.3 Å². The molecule has 8 rings (SSSR count). The van der Waals surface area contributed by atoms with Crippen LogP contribution < -0.4 is 0 Å². The first kappa shape index (κ1) is 33.7. The van der Waals surface area contributed by atoms with Crippen molar-refractivity contribution in [2.24, 2.45) is 0 Å². The Morgan fingerprint density at radius 1 is 0.469 bits per heavy atom. The Labute approximate surface area is 302 Å². The zero-order chi connectivity index (χ0) is 33.0. The number of benzene rings is 6. The van der Waals surface area contributed by atoms with Gasteiger partial charge in [-0.2, -0.15) is 0 Å². The molecule has 1 radical (unpaired) electrons. The first-order valence-electron chi connectivity index (χ1n) is 16.3. The van der Waals surface area contributed by atoms with Gasteiger partial charge in [0.05, 0.1) is 0 Å². The van der Waals surface area contributed by atoms with E-state index in [-0.39, 0.29) is 20.1 Å². The zero-order valence-corrected chi connectivity index (χ0v) is 30.5. The molecular formula is C46H36IrN2-2. The molecule has 0 saturated carbocycles. The second kappa shape index (κ2) is 14.9. The van der Waals surface area contributed by atoms with Crippen molar-refractivity contribution in [3.63, 3.8) is 0 Å². The van der Waals surface area contributed by atoms with E-state index in [1.807, 2.05) is 30.6 Å². The molecule has 0 fully saturated rings. The Bertz CT molecular complexity index is 2380. The molecule has 6 aromatic carbocycles. The van der Waals surface area contributed by atoms with Gasteiger partial charge in [-0.15, -0.1) is 70.8 Å². The second-order valence-electron chi connectivity index (χ2n) is 12.4. The smallest absolute Gasteiger partial charge is 0.0196 e. The molecule has 3 heteroatoms. The molecule has 8 aromatic rings. The average molecular weight is 809 g/mol. The fourth-order valence-corrected chi connectivity index (χ4v) is 6.11.